The van der Waals surface area contributed by atoms with Gasteiger partial charge in [0.05, 0.1) is 33.1 Å². The Morgan fingerprint density at radius 3 is 1.52 bits per heavy atom. The lowest BCUT2D eigenvalue weighted by Crippen LogP contribution is -2.09. The normalized spacial score (nSPS) is 11.7. The summed E-state index contributed by atoms with van der Waals surface area (Å²) in [5.41, 5.74) is 10.4. The molecule has 0 aliphatic rings. The minimum absolute atomic E-state index is 0.535. The van der Waals surface area contributed by atoms with Crippen molar-refractivity contribution >= 4 is 82.5 Å². The van der Waals surface area contributed by atoms with Crippen molar-refractivity contribution < 1.29 is 0 Å². The molecule has 0 N–H and O–H groups in total. The van der Waals surface area contributed by atoms with Crippen molar-refractivity contribution in [1.82, 2.24) is 29.5 Å². The van der Waals surface area contributed by atoms with Crippen molar-refractivity contribution in [3.63, 3.8) is 0 Å². The standard InChI is InChI=1S/C53H33N7/c1-5-17-34(18-6-1)51-56-52(35-19-7-2-8-20-35)58-53(57-51)60-45-28-16-15-27-42(45)47-46(60)32-31-44-50(47)55-49-41-30-29-38(33-43(41)39-25-13-14-26-40(39)48(49)54-44)59(36-21-9-3-10-22-36)37-23-11-4-12-24-37/h1-33H. The number of aromatic nitrogens is 6. The van der Waals surface area contributed by atoms with Gasteiger partial charge in [0.2, 0.25) is 5.95 Å². The monoisotopic (exact) mass is 767 g/mol. The number of hydrogen-bond acceptors (Lipinski definition) is 6. The van der Waals surface area contributed by atoms with Crippen molar-refractivity contribution in [2.45, 2.75) is 0 Å². The largest absolute Gasteiger partial charge is 0.310 e. The molecule has 0 fully saturated rings. The van der Waals surface area contributed by atoms with E-state index in [2.05, 4.69) is 149 Å². The number of benzene rings is 9. The Balaban J connectivity index is 1.13. The molecule has 12 aromatic rings. The summed E-state index contributed by atoms with van der Waals surface area (Å²) in [5, 5.41) is 6.39. The summed E-state index contributed by atoms with van der Waals surface area (Å²) in [4.78, 5) is 28.6. The number of hydrogen-bond donors (Lipinski definition) is 0. The van der Waals surface area contributed by atoms with E-state index in [0.29, 0.717) is 17.6 Å². The van der Waals surface area contributed by atoms with Gasteiger partial charge in [-0.15, -0.1) is 0 Å². The molecule has 12 rings (SSSR count). The quantitative estimate of drug-likeness (QED) is 0.124. The Morgan fingerprint density at radius 2 is 0.867 bits per heavy atom. The molecule has 0 atom stereocenters. The van der Waals surface area contributed by atoms with Crippen LogP contribution in [-0.2, 0) is 0 Å². The second-order valence-electron chi connectivity index (χ2n) is 14.9. The zero-order valence-electron chi connectivity index (χ0n) is 32.2. The van der Waals surface area contributed by atoms with Gasteiger partial charge in [-0.05, 0) is 65.4 Å². The average molecular weight is 768 g/mol. The third kappa shape index (κ3) is 5.41. The third-order valence-electron chi connectivity index (χ3n) is 11.4. The van der Waals surface area contributed by atoms with E-state index in [1.165, 1.54) is 0 Å². The molecule has 0 aliphatic carbocycles. The van der Waals surface area contributed by atoms with Crippen LogP contribution in [0, 0.1) is 0 Å². The van der Waals surface area contributed by atoms with Gasteiger partial charge in [0, 0.05) is 49.7 Å². The minimum Gasteiger partial charge on any atom is -0.310 e. The molecular formula is C53H33N7. The summed E-state index contributed by atoms with van der Waals surface area (Å²) in [5.74, 6) is 1.74. The second kappa shape index (κ2) is 13.7. The predicted octanol–water partition coefficient (Wildman–Crippen LogP) is 13.2. The summed E-state index contributed by atoms with van der Waals surface area (Å²) in [7, 11) is 0. The molecule has 0 unspecified atom stereocenters. The van der Waals surface area contributed by atoms with Crippen LogP contribution >= 0.6 is 0 Å². The minimum atomic E-state index is 0.535. The molecule has 0 bridgehead atoms. The summed E-state index contributed by atoms with van der Waals surface area (Å²) in [6.07, 6.45) is 0. The zero-order chi connectivity index (χ0) is 39.6. The van der Waals surface area contributed by atoms with Gasteiger partial charge >= 0.3 is 0 Å². The fourth-order valence-corrected chi connectivity index (χ4v) is 8.69. The first-order valence-electron chi connectivity index (χ1n) is 20.0. The van der Waals surface area contributed by atoms with Gasteiger partial charge in [-0.3, -0.25) is 4.57 Å². The maximum absolute atomic E-state index is 5.62. The molecule has 3 heterocycles. The number of fused-ring (bicyclic) bond motifs is 11. The first-order chi connectivity index (χ1) is 29.8. The Kier molecular flexibility index (Phi) is 7.71. The number of para-hydroxylation sites is 3. The molecule has 0 saturated heterocycles. The van der Waals surface area contributed by atoms with E-state index >= 15 is 0 Å². The van der Waals surface area contributed by atoms with Crippen molar-refractivity contribution in [2.75, 3.05) is 4.90 Å². The third-order valence-corrected chi connectivity index (χ3v) is 11.4. The van der Waals surface area contributed by atoms with Crippen LogP contribution in [0.25, 0.3) is 94.1 Å². The van der Waals surface area contributed by atoms with Crippen LogP contribution in [0.5, 0.6) is 0 Å². The Hall–Kier alpha value is -8.29. The van der Waals surface area contributed by atoms with E-state index in [-0.39, 0.29) is 0 Å². The summed E-state index contributed by atoms with van der Waals surface area (Å²) >= 11 is 0. The molecule has 280 valence electrons. The molecule has 7 heteroatoms. The van der Waals surface area contributed by atoms with E-state index in [1.54, 1.807) is 0 Å². The SMILES string of the molecule is c1ccc(-c2nc(-c3ccccc3)nc(-n3c4ccccc4c4c5nc6c7ccc(N(c8ccccc8)c8ccccc8)cc7c7ccccc7c6nc5ccc43)n2)cc1. The van der Waals surface area contributed by atoms with Crippen LogP contribution in [0.4, 0.5) is 17.1 Å². The van der Waals surface area contributed by atoms with Crippen molar-refractivity contribution in [1.29, 1.82) is 0 Å². The van der Waals surface area contributed by atoms with Gasteiger partial charge in [-0.25, -0.2) is 15.0 Å². The first-order valence-corrected chi connectivity index (χ1v) is 20.0. The fourth-order valence-electron chi connectivity index (χ4n) is 8.69. The second-order valence-corrected chi connectivity index (χ2v) is 14.9. The predicted molar refractivity (Wildman–Crippen MR) is 245 cm³/mol. The maximum Gasteiger partial charge on any atom is 0.238 e. The van der Waals surface area contributed by atoms with E-state index in [4.69, 9.17) is 24.9 Å². The smallest absolute Gasteiger partial charge is 0.238 e. The summed E-state index contributed by atoms with van der Waals surface area (Å²) in [6.45, 7) is 0. The molecule has 7 nitrogen and oxygen atoms in total. The van der Waals surface area contributed by atoms with Crippen molar-refractivity contribution in [3.05, 3.63) is 200 Å². The topological polar surface area (TPSA) is 72.6 Å². The van der Waals surface area contributed by atoms with Gasteiger partial charge in [-0.1, -0.05) is 146 Å². The number of nitrogens with zero attached hydrogens (tertiary/aromatic N) is 7. The van der Waals surface area contributed by atoms with Gasteiger partial charge in [-0.2, -0.15) is 9.97 Å². The summed E-state index contributed by atoms with van der Waals surface area (Å²) in [6, 6.07) is 69.1. The van der Waals surface area contributed by atoms with Gasteiger partial charge in [0.25, 0.3) is 0 Å². The van der Waals surface area contributed by atoms with Crippen LogP contribution in [0.1, 0.15) is 0 Å². The molecule has 0 amide bonds. The Morgan fingerprint density at radius 1 is 0.333 bits per heavy atom. The molecule has 0 saturated carbocycles. The number of anilines is 3. The van der Waals surface area contributed by atoms with E-state index in [9.17, 15) is 0 Å². The highest BCUT2D eigenvalue weighted by Gasteiger charge is 2.22. The highest BCUT2D eigenvalue weighted by molar-refractivity contribution is 6.26. The molecule has 0 spiro atoms. The van der Waals surface area contributed by atoms with Crippen molar-refractivity contribution in [3.8, 4) is 28.7 Å². The van der Waals surface area contributed by atoms with Crippen LogP contribution in [0.3, 0.4) is 0 Å². The highest BCUT2D eigenvalue weighted by Crippen LogP contribution is 2.42. The summed E-state index contributed by atoms with van der Waals surface area (Å²) < 4.78 is 2.14. The van der Waals surface area contributed by atoms with Gasteiger partial charge in [0.1, 0.15) is 0 Å². The average Bonchev–Trinajstić information content (AvgIpc) is 3.67. The zero-order valence-corrected chi connectivity index (χ0v) is 32.2. The Labute approximate surface area is 344 Å². The molecule has 3 aromatic heterocycles. The lowest BCUT2D eigenvalue weighted by atomic mass is 9.98. The van der Waals surface area contributed by atoms with Crippen LogP contribution in [-0.4, -0.2) is 29.5 Å². The highest BCUT2D eigenvalue weighted by atomic mass is 15.2. The van der Waals surface area contributed by atoms with E-state index in [1.807, 2.05) is 60.7 Å². The molecule has 60 heavy (non-hydrogen) atoms. The van der Waals surface area contributed by atoms with Gasteiger partial charge < -0.3 is 4.90 Å². The van der Waals surface area contributed by atoms with E-state index in [0.717, 1.165) is 93.6 Å². The van der Waals surface area contributed by atoms with Crippen LogP contribution < -0.4 is 4.90 Å². The molecule has 0 aliphatic heterocycles. The van der Waals surface area contributed by atoms with E-state index < -0.39 is 0 Å². The fraction of sp³-hybridized carbons (Fsp3) is 0. The maximum atomic E-state index is 5.62. The first kappa shape index (κ1) is 33.8. The molecular weight excluding hydrogens is 735 g/mol. The molecule has 0 radical (unpaired) electrons. The van der Waals surface area contributed by atoms with Crippen molar-refractivity contribution in [2.24, 2.45) is 0 Å². The molecule has 9 aromatic carbocycles. The lowest BCUT2D eigenvalue weighted by molar-refractivity contribution is 0.953. The van der Waals surface area contributed by atoms with Gasteiger partial charge in [0.15, 0.2) is 11.6 Å². The Bertz CT molecular complexity index is 3490. The van der Waals surface area contributed by atoms with Crippen LogP contribution in [0.2, 0.25) is 0 Å². The number of rotatable bonds is 6. The lowest BCUT2D eigenvalue weighted by Gasteiger charge is -2.26. The van der Waals surface area contributed by atoms with Crippen LogP contribution in [0.15, 0.2) is 200 Å².